The van der Waals surface area contributed by atoms with Gasteiger partial charge in [0.25, 0.3) is 0 Å². The summed E-state index contributed by atoms with van der Waals surface area (Å²) < 4.78 is 1.79. The molecule has 1 heterocycles. The molecule has 0 fully saturated rings. The molecule has 2 rings (SSSR count). The van der Waals surface area contributed by atoms with E-state index in [4.69, 9.17) is 0 Å². The van der Waals surface area contributed by atoms with Crippen molar-refractivity contribution in [3.63, 3.8) is 0 Å². The van der Waals surface area contributed by atoms with Gasteiger partial charge < -0.3 is 5.11 Å². The van der Waals surface area contributed by atoms with E-state index in [1.165, 1.54) is 0 Å². The molecule has 1 aromatic carbocycles. The second-order valence-electron chi connectivity index (χ2n) is 4.06. The van der Waals surface area contributed by atoms with Gasteiger partial charge in [0.2, 0.25) is 0 Å². The highest BCUT2D eigenvalue weighted by atomic mass is 16.3. The third-order valence-electron chi connectivity index (χ3n) is 2.34. The van der Waals surface area contributed by atoms with E-state index in [0.29, 0.717) is 0 Å². The molecule has 0 aliphatic rings. The lowest BCUT2D eigenvalue weighted by Gasteiger charge is -2.17. The second-order valence-corrected chi connectivity index (χ2v) is 4.06. The summed E-state index contributed by atoms with van der Waals surface area (Å²) >= 11 is 0. The zero-order valence-corrected chi connectivity index (χ0v) is 8.88. The number of nitrogens with zero attached hydrogens (tertiary/aromatic N) is 2. The lowest BCUT2D eigenvalue weighted by molar-refractivity contribution is 0.0786. The van der Waals surface area contributed by atoms with Crippen LogP contribution in [0.2, 0.25) is 0 Å². The van der Waals surface area contributed by atoms with E-state index in [1.54, 1.807) is 24.7 Å². The monoisotopic (exact) mass is 202 g/mol. The van der Waals surface area contributed by atoms with Crippen LogP contribution in [0.25, 0.3) is 5.69 Å². The minimum atomic E-state index is -0.789. The van der Waals surface area contributed by atoms with Crippen LogP contribution in [0, 0.1) is 0 Å². The van der Waals surface area contributed by atoms with Gasteiger partial charge in [-0.15, -0.1) is 0 Å². The van der Waals surface area contributed by atoms with Crippen molar-refractivity contribution in [3.05, 3.63) is 48.3 Å². The minimum Gasteiger partial charge on any atom is -0.386 e. The average Bonchev–Trinajstić information content (AvgIpc) is 2.69. The molecule has 0 unspecified atom stereocenters. The molecular formula is C12H14N2O. The van der Waals surface area contributed by atoms with Gasteiger partial charge in [-0.3, -0.25) is 0 Å². The fourth-order valence-electron chi connectivity index (χ4n) is 1.44. The molecule has 0 aliphatic carbocycles. The quantitative estimate of drug-likeness (QED) is 0.809. The molecule has 2 aromatic rings. The van der Waals surface area contributed by atoms with E-state index in [1.807, 2.05) is 36.5 Å². The van der Waals surface area contributed by atoms with Gasteiger partial charge in [0.1, 0.15) is 0 Å². The Kier molecular flexibility index (Phi) is 2.32. The zero-order chi connectivity index (χ0) is 10.9. The Morgan fingerprint density at radius 1 is 1.20 bits per heavy atom. The second kappa shape index (κ2) is 3.51. The van der Waals surface area contributed by atoms with E-state index in [9.17, 15) is 5.11 Å². The number of aliphatic hydroxyl groups is 1. The molecule has 15 heavy (non-hydrogen) atoms. The Hall–Kier alpha value is -1.61. The van der Waals surface area contributed by atoms with Crippen LogP contribution in [-0.2, 0) is 5.60 Å². The third-order valence-corrected chi connectivity index (χ3v) is 2.34. The van der Waals surface area contributed by atoms with E-state index in [2.05, 4.69) is 5.10 Å². The Bertz CT molecular complexity index is 424. The van der Waals surface area contributed by atoms with Crippen LogP contribution in [-0.4, -0.2) is 14.9 Å². The molecule has 0 aliphatic heterocycles. The zero-order valence-electron chi connectivity index (χ0n) is 8.88. The molecule has 0 saturated heterocycles. The average molecular weight is 202 g/mol. The van der Waals surface area contributed by atoms with Gasteiger partial charge in [-0.25, -0.2) is 4.68 Å². The fraction of sp³-hybridized carbons (Fsp3) is 0.250. The Labute approximate surface area is 89.0 Å². The predicted octanol–water partition coefficient (Wildman–Crippen LogP) is 2.10. The fourth-order valence-corrected chi connectivity index (χ4v) is 1.44. The van der Waals surface area contributed by atoms with Crippen LogP contribution in [0.1, 0.15) is 19.4 Å². The predicted molar refractivity (Wildman–Crippen MR) is 58.8 cm³/mol. The summed E-state index contributed by atoms with van der Waals surface area (Å²) in [6, 6.07) is 9.60. The van der Waals surface area contributed by atoms with Crippen LogP contribution in [0.3, 0.4) is 0 Å². The van der Waals surface area contributed by atoms with Crippen LogP contribution in [0.4, 0.5) is 0 Å². The third kappa shape index (κ3) is 2.07. The highest BCUT2D eigenvalue weighted by Crippen LogP contribution is 2.20. The maximum atomic E-state index is 9.79. The van der Waals surface area contributed by atoms with Gasteiger partial charge in [0, 0.05) is 12.4 Å². The first-order valence-corrected chi connectivity index (χ1v) is 4.90. The van der Waals surface area contributed by atoms with E-state index >= 15 is 0 Å². The van der Waals surface area contributed by atoms with E-state index in [-0.39, 0.29) is 0 Å². The number of hydrogen-bond donors (Lipinski definition) is 1. The smallest absolute Gasteiger partial charge is 0.0840 e. The van der Waals surface area contributed by atoms with E-state index < -0.39 is 5.60 Å². The van der Waals surface area contributed by atoms with Crippen LogP contribution < -0.4 is 0 Å². The summed E-state index contributed by atoms with van der Waals surface area (Å²) in [5.74, 6) is 0. The van der Waals surface area contributed by atoms with Crippen LogP contribution in [0.15, 0.2) is 42.7 Å². The molecule has 1 aromatic heterocycles. The topological polar surface area (TPSA) is 38.0 Å². The minimum absolute atomic E-state index is 0.789. The molecule has 0 spiro atoms. The van der Waals surface area contributed by atoms with Crippen LogP contribution >= 0.6 is 0 Å². The Morgan fingerprint density at radius 2 is 1.87 bits per heavy atom. The maximum absolute atomic E-state index is 9.79. The maximum Gasteiger partial charge on any atom is 0.0840 e. The van der Waals surface area contributed by atoms with Gasteiger partial charge >= 0.3 is 0 Å². The first-order chi connectivity index (χ1) is 7.07. The van der Waals surface area contributed by atoms with E-state index in [0.717, 1.165) is 11.3 Å². The normalized spacial score (nSPS) is 11.7. The molecule has 1 N–H and O–H groups in total. The van der Waals surface area contributed by atoms with Crippen molar-refractivity contribution < 1.29 is 5.11 Å². The first kappa shape index (κ1) is 9.93. The van der Waals surface area contributed by atoms with Gasteiger partial charge in [-0.05, 0) is 37.6 Å². The number of benzene rings is 1. The largest absolute Gasteiger partial charge is 0.386 e. The molecule has 0 atom stereocenters. The summed E-state index contributed by atoms with van der Waals surface area (Å²) in [5, 5.41) is 13.9. The van der Waals surface area contributed by atoms with Gasteiger partial charge in [0.15, 0.2) is 0 Å². The SMILES string of the molecule is CC(C)(O)c1ccc(-n2cccn2)cc1. The standard InChI is InChI=1S/C12H14N2O/c1-12(2,15)10-4-6-11(7-5-10)14-9-3-8-13-14/h3-9,15H,1-2H3. The van der Waals surface area contributed by atoms with Crippen molar-refractivity contribution in [2.24, 2.45) is 0 Å². The molecule has 3 nitrogen and oxygen atoms in total. The Morgan fingerprint density at radius 3 is 2.33 bits per heavy atom. The van der Waals surface area contributed by atoms with Crippen molar-refractivity contribution in [2.75, 3.05) is 0 Å². The number of rotatable bonds is 2. The number of hydrogen-bond acceptors (Lipinski definition) is 2. The van der Waals surface area contributed by atoms with Crippen molar-refractivity contribution >= 4 is 0 Å². The lowest BCUT2D eigenvalue weighted by Crippen LogP contribution is -2.15. The summed E-state index contributed by atoms with van der Waals surface area (Å²) in [6.45, 7) is 3.55. The molecule has 3 heteroatoms. The van der Waals surface area contributed by atoms with Gasteiger partial charge in [0.05, 0.1) is 11.3 Å². The van der Waals surface area contributed by atoms with Crippen molar-refractivity contribution in [1.82, 2.24) is 9.78 Å². The summed E-state index contributed by atoms with van der Waals surface area (Å²) in [4.78, 5) is 0. The van der Waals surface area contributed by atoms with Crippen LogP contribution in [0.5, 0.6) is 0 Å². The summed E-state index contributed by atoms with van der Waals surface area (Å²) in [5.41, 5.74) is 1.11. The van der Waals surface area contributed by atoms with Crippen molar-refractivity contribution in [1.29, 1.82) is 0 Å². The highest BCUT2D eigenvalue weighted by molar-refractivity contribution is 5.35. The first-order valence-electron chi connectivity index (χ1n) is 4.90. The lowest BCUT2D eigenvalue weighted by atomic mass is 9.98. The Balaban J connectivity index is 2.33. The van der Waals surface area contributed by atoms with Crippen molar-refractivity contribution in [3.8, 4) is 5.69 Å². The molecule has 78 valence electrons. The van der Waals surface area contributed by atoms with Gasteiger partial charge in [-0.1, -0.05) is 12.1 Å². The molecule has 0 amide bonds. The van der Waals surface area contributed by atoms with Crippen molar-refractivity contribution in [2.45, 2.75) is 19.4 Å². The highest BCUT2D eigenvalue weighted by Gasteiger charge is 2.15. The number of aromatic nitrogens is 2. The molecule has 0 saturated carbocycles. The molecular weight excluding hydrogens is 188 g/mol. The van der Waals surface area contributed by atoms with Gasteiger partial charge in [-0.2, -0.15) is 5.10 Å². The molecule has 0 bridgehead atoms. The summed E-state index contributed by atoms with van der Waals surface area (Å²) in [7, 11) is 0. The molecule has 0 radical (unpaired) electrons. The summed E-state index contributed by atoms with van der Waals surface area (Å²) in [6.07, 6.45) is 3.63.